The summed E-state index contributed by atoms with van der Waals surface area (Å²) in [6, 6.07) is 17.5. The van der Waals surface area contributed by atoms with Crippen molar-refractivity contribution in [2.45, 2.75) is 38.0 Å². The molecule has 138 valence electrons. The second kappa shape index (κ2) is 8.37. The molecule has 0 spiro atoms. The van der Waals surface area contributed by atoms with Crippen molar-refractivity contribution in [1.29, 1.82) is 5.26 Å². The fraction of sp³-hybridized carbons (Fsp3) is 0.286. The lowest BCUT2D eigenvalue weighted by Crippen LogP contribution is -2.36. The van der Waals surface area contributed by atoms with Crippen LogP contribution in [0.15, 0.2) is 54.6 Å². The van der Waals surface area contributed by atoms with E-state index in [1.165, 1.54) is 0 Å². The molecule has 0 aromatic heterocycles. The molecule has 0 aliphatic heterocycles. The number of ether oxygens (including phenoxy) is 2. The van der Waals surface area contributed by atoms with Gasteiger partial charge in [0.25, 0.3) is 5.91 Å². The molecule has 0 radical (unpaired) electrons. The molecular formula is C21H20N2O4. The largest absolute Gasteiger partial charge is 0.479 e. The van der Waals surface area contributed by atoms with Crippen LogP contribution < -0.4 is 10.1 Å². The zero-order valence-corrected chi connectivity index (χ0v) is 14.9. The number of amides is 1. The van der Waals surface area contributed by atoms with Crippen molar-refractivity contribution in [2.24, 2.45) is 0 Å². The van der Waals surface area contributed by atoms with E-state index in [9.17, 15) is 9.59 Å². The maximum atomic E-state index is 12.5. The van der Waals surface area contributed by atoms with Gasteiger partial charge in [0.1, 0.15) is 5.75 Å². The van der Waals surface area contributed by atoms with Gasteiger partial charge in [-0.1, -0.05) is 30.3 Å². The first-order chi connectivity index (χ1) is 13.1. The molecule has 3 rings (SSSR count). The summed E-state index contributed by atoms with van der Waals surface area (Å²) in [7, 11) is 0. The van der Waals surface area contributed by atoms with E-state index in [2.05, 4.69) is 5.32 Å². The van der Waals surface area contributed by atoms with E-state index in [0.29, 0.717) is 16.9 Å². The Labute approximate surface area is 157 Å². The van der Waals surface area contributed by atoms with Crippen LogP contribution in [0.1, 0.15) is 37.0 Å². The minimum Gasteiger partial charge on any atom is -0.479 e. The Morgan fingerprint density at radius 1 is 1.11 bits per heavy atom. The van der Waals surface area contributed by atoms with E-state index in [4.69, 9.17) is 14.7 Å². The smallest absolute Gasteiger partial charge is 0.348 e. The Bertz CT molecular complexity index is 839. The fourth-order valence-electron chi connectivity index (χ4n) is 2.48. The first-order valence-corrected chi connectivity index (χ1v) is 8.79. The average Bonchev–Trinajstić information content (AvgIpc) is 3.51. The lowest BCUT2D eigenvalue weighted by Gasteiger charge is -2.20. The van der Waals surface area contributed by atoms with Crippen LogP contribution in [0.5, 0.6) is 5.75 Å². The standard InChI is InChI=1S/C21H20N2O4/c1-14(26-18-11-7-15(13-22)8-12-18)21(25)27-19(16-5-3-2-4-6-16)20(24)23-17-9-10-17/h2-8,11-12,14,17,19H,9-10H2,1H3,(H,23,24)/t14-,19-/m1/s1. The Morgan fingerprint density at radius 2 is 1.78 bits per heavy atom. The van der Waals surface area contributed by atoms with Gasteiger partial charge in [0.15, 0.2) is 6.10 Å². The SMILES string of the molecule is C[C@@H](Oc1ccc(C#N)cc1)C(=O)O[C@@H](C(=O)NC1CC1)c1ccccc1. The molecule has 2 aromatic carbocycles. The van der Waals surface area contributed by atoms with Crippen LogP contribution in [0.3, 0.4) is 0 Å². The second-order valence-electron chi connectivity index (χ2n) is 6.41. The van der Waals surface area contributed by atoms with E-state index in [1.54, 1.807) is 55.5 Å². The molecule has 6 nitrogen and oxygen atoms in total. The highest BCUT2D eigenvalue weighted by molar-refractivity contribution is 5.86. The van der Waals surface area contributed by atoms with E-state index in [1.807, 2.05) is 12.1 Å². The Hall–Kier alpha value is -3.33. The molecule has 0 heterocycles. The van der Waals surface area contributed by atoms with E-state index >= 15 is 0 Å². The van der Waals surface area contributed by atoms with Gasteiger partial charge >= 0.3 is 5.97 Å². The number of nitriles is 1. The van der Waals surface area contributed by atoms with Gasteiger partial charge in [0, 0.05) is 11.6 Å². The van der Waals surface area contributed by atoms with Crippen LogP contribution in [-0.4, -0.2) is 24.0 Å². The molecule has 1 aliphatic carbocycles. The van der Waals surface area contributed by atoms with Crippen molar-refractivity contribution in [3.63, 3.8) is 0 Å². The second-order valence-corrected chi connectivity index (χ2v) is 6.41. The highest BCUT2D eigenvalue weighted by atomic mass is 16.6. The van der Waals surface area contributed by atoms with Gasteiger partial charge in [-0.3, -0.25) is 4.79 Å². The summed E-state index contributed by atoms with van der Waals surface area (Å²) in [6.45, 7) is 1.56. The molecule has 1 aliphatic rings. The number of carbonyl (C=O) groups excluding carboxylic acids is 2. The molecule has 27 heavy (non-hydrogen) atoms. The van der Waals surface area contributed by atoms with Gasteiger partial charge in [-0.15, -0.1) is 0 Å². The van der Waals surface area contributed by atoms with Crippen molar-refractivity contribution in [1.82, 2.24) is 5.32 Å². The molecule has 1 saturated carbocycles. The van der Waals surface area contributed by atoms with Crippen LogP contribution in [0.2, 0.25) is 0 Å². The van der Waals surface area contributed by atoms with E-state index in [0.717, 1.165) is 12.8 Å². The minimum atomic E-state index is -1.02. The number of nitrogens with zero attached hydrogens (tertiary/aromatic N) is 1. The third-order valence-electron chi connectivity index (χ3n) is 4.13. The monoisotopic (exact) mass is 364 g/mol. The minimum absolute atomic E-state index is 0.162. The number of esters is 1. The van der Waals surface area contributed by atoms with Gasteiger partial charge in [0.2, 0.25) is 6.10 Å². The molecule has 2 atom stereocenters. The molecule has 6 heteroatoms. The van der Waals surface area contributed by atoms with Crippen molar-refractivity contribution in [3.8, 4) is 11.8 Å². The number of carbonyl (C=O) groups is 2. The van der Waals surface area contributed by atoms with Crippen LogP contribution in [0, 0.1) is 11.3 Å². The molecular weight excluding hydrogens is 344 g/mol. The normalized spacial score (nSPS) is 15.1. The number of hydrogen-bond acceptors (Lipinski definition) is 5. The molecule has 1 amide bonds. The summed E-state index contributed by atoms with van der Waals surface area (Å²) in [5.74, 6) is -0.529. The number of benzene rings is 2. The lowest BCUT2D eigenvalue weighted by atomic mass is 10.1. The third-order valence-corrected chi connectivity index (χ3v) is 4.13. The summed E-state index contributed by atoms with van der Waals surface area (Å²) in [5.41, 5.74) is 1.10. The predicted octanol–water partition coefficient (Wildman–Crippen LogP) is 2.89. The quantitative estimate of drug-likeness (QED) is 0.763. The Kier molecular flexibility index (Phi) is 5.72. The highest BCUT2D eigenvalue weighted by Gasteiger charge is 2.32. The number of nitrogens with one attached hydrogen (secondary N) is 1. The molecule has 1 fully saturated rings. The first-order valence-electron chi connectivity index (χ1n) is 8.79. The average molecular weight is 364 g/mol. The van der Waals surface area contributed by atoms with Crippen LogP contribution in [-0.2, 0) is 14.3 Å². The predicted molar refractivity (Wildman–Crippen MR) is 97.7 cm³/mol. The van der Waals surface area contributed by atoms with Crippen molar-refractivity contribution in [2.75, 3.05) is 0 Å². The summed E-state index contributed by atoms with van der Waals surface area (Å²) in [5, 5.41) is 11.7. The van der Waals surface area contributed by atoms with Crippen molar-refractivity contribution < 1.29 is 19.1 Å². The summed E-state index contributed by atoms with van der Waals surface area (Å²) < 4.78 is 11.0. The van der Waals surface area contributed by atoms with Crippen LogP contribution in [0.25, 0.3) is 0 Å². The van der Waals surface area contributed by atoms with E-state index < -0.39 is 18.2 Å². The first kappa shape index (κ1) is 18.5. The van der Waals surface area contributed by atoms with E-state index in [-0.39, 0.29) is 11.9 Å². The highest BCUT2D eigenvalue weighted by Crippen LogP contribution is 2.24. The number of rotatable bonds is 7. The molecule has 1 N–H and O–H groups in total. The van der Waals surface area contributed by atoms with Gasteiger partial charge in [-0.05, 0) is 44.0 Å². The van der Waals surface area contributed by atoms with Gasteiger partial charge in [0.05, 0.1) is 11.6 Å². The van der Waals surface area contributed by atoms with Crippen molar-refractivity contribution >= 4 is 11.9 Å². The molecule has 0 unspecified atom stereocenters. The summed E-state index contributed by atoms with van der Waals surface area (Å²) in [4.78, 5) is 25.0. The zero-order chi connectivity index (χ0) is 19.2. The van der Waals surface area contributed by atoms with Crippen LogP contribution >= 0.6 is 0 Å². The van der Waals surface area contributed by atoms with Gasteiger partial charge < -0.3 is 14.8 Å². The Morgan fingerprint density at radius 3 is 2.37 bits per heavy atom. The molecule has 0 saturated heterocycles. The topological polar surface area (TPSA) is 88.4 Å². The molecule has 0 bridgehead atoms. The van der Waals surface area contributed by atoms with Crippen LogP contribution in [0.4, 0.5) is 0 Å². The fourth-order valence-corrected chi connectivity index (χ4v) is 2.48. The van der Waals surface area contributed by atoms with Gasteiger partial charge in [-0.2, -0.15) is 5.26 Å². The van der Waals surface area contributed by atoms with Crippen molar-refractivity contribution in [3.05, 3.63) is 65.7 Å². The maximum Gasteiger partial charge on any atom is 0.348 e. The summed E-state index contributed by atoms with van der Waals surface area (Å²) in [6.07, 6.45) is -0.0390. The third kappa shape index (κ3) is 5.08. The molecule has 2 aromatic rings. The number of hydrogen-bond donors (Lipinski definition) is 1. The maximum absolute atomic E-state index is 12.5. The zero-order valence-electron chi connectivity index (χ0n) is 14.9. The lowest BCUT2D eigenvalue weighted by molar-refractivity contribution is -0.162. The van der Waals surface area contributed by atoms with Gasteiger partial charge in [-0.25, -0.2) is 4.79 Å². The Balaban J connectivity index is 1.67. The summed E-state index contributed by atoms with van der Waals surface area (Å²) >= 11 is 0.